The van der Waals surface area contributed by atoms with Crippen LogP contribution in [0.25, 0.3) is 0 Å². The molecule has 3 rings (SSSR count). The van der Waals surface area contributed by atoms with E-state index in [9.17, 15) is 5.11 Å². The van der Waals surface area contributed by atoms with Crippen LogP contribution >= 0.6 is 0 Å². The summed E-state index contributed by atoms with van der Waals surface area (Å²) in [6, 6.07) is 0. The third-order valence-electron chi connectivity index (χ3n) is 6.29. The normalized spacial score (nSPS) is 47.7. The van der Waals surface area contributed by atoms with Gasteiger partial charge < -0.3 is 9.84 Å². The van der Waals surface area contributed by atoms with Crippen molar-refractivity contribution in [2.45, 2.75) is 70.7 Å². The molecular formula is C16H26O2. The second-order valence-electron chi connectivity index (χ2n) is 7.15. The first-order chi connectivity index (χ1) is 8.48. The van der Waals surface area contributed by atoms with Crippen LogP contribution in [0.1, 0.15) is 58.8 Å². The number of ether oxygens (including phenoxy) is 1. The first-order valence-corrected chi connectivity index (χ1v) is 7.48. The SMILES string of the molecule is C=CC(C)(C)C12CCCC3(CCCCC31)OC2O. The summed E-state index contributed by atoms with van der Waals surface area (Å²) < 4.78 is 6.18. The number of hydrogen-bond acceptors (Lipinski definition) is 2. The van der Waals surface area contributed by atoms with E-state index in [1.165, 1.54) is 25.7 Å². The highest BCUT2D eigenvalue weighted by Gasteiger charge is 2.69. The zero-order valence-electron chi connectivity index (χ0n) is 11.7. The quantitative estimate of drug-likeness (QED) is 0.758. The van der Waals surface area contributed by atoms with Crippen LogP contribution < -0.4 is 0 Å². The molecule has 1 N–H and O–H groups in total. The Labute approximate surface area is 110 Å². The van der Waals surface area contributed by atoms with Crippen LogP contribution in [0.15, 0.2) is 12.7 Å². The molecule has 2 heteroatoms. The Morgan fingerprint density at radius 2 is 1.94 bits per heavy atom. The van der Waals surface area contributed by atoms with Crippen molar-refractivity contribution in [2.75, 3.05) is 0 Å². The Bertz CT molecular complexity index is 358. The van der Waals surface area contributed by atoms with Gasteiger partial charge in [0, 0.05) is 5.41 Å². The zero-order valence-corrected chi connectivity index (χ0v) is 11.7. The summed E-state index contributed by atoms with van der Waals surface area (Å²) in [6.07, 6.45) is 9.75. The molecular weight excluding hydrogens is 224 g/mol. The highest BCUT2D eigenvalue weighted by molar-refractivity contribution is 5.18. The van der Waals surface area contributed by atoms with Crippen LogP contribution in [0.4, 0.5) is 0 Å². The van der Waals surface area contributed by atoms with Crippen molar-refractivity contribution in [3.63, 3.8) is 0 Å². The zero-order chi connectivity index (χ0) is 13.0. The predicted octanol–water partition coefficient (Wildman–Crippen LogP) is 3.65. The Morgan fingerprint density at radius 1 is 1.22 bits per heavy atom. The molecule has 1 heterocycles. The number of allylic oxidation sites excluding steroid dienone is 1. The fourth-order valence-corrected chi connectivity index (χ4v) is 5.19. The van der Waals surface area contributed by atoms with E-state index < -0.39 is 6.29 Å². The summed E-state index contributed by atoms with van der Waals surface area (Å²) in [6.45, 7) is 8.47. The van der Waals surface area contributed by atoms with Gasteiger partial charge in [0.1, 0.15) is 0 Å². The molecule has 2 aliphatic carbocycles. The Morgan fingerprint density at radius 3 is 2.67 bits per heavy atom. The fourth-order valence-electron chi connectivity index (χ4n) is 5.19. The first-order valence-electron chi connectivity index (χ1n) is 7.48. The molecule has 0 spiro atoms. The molecule has 4 unspecified atom stereocenters. The molecule has 2 nitrogen and oxygen atoms in total. The van der Waals surface area contributed by atoms with Crippen molar-refractivity contribution in [1.29, 1.82) is 0 Å². The topological polar surface area (TPSA) is 29.5 Å². The lowest BCUT2D eigenvalue weighted by Crippen LogP contribution is -2.53. The van der Waals surface area contributed by atoms with E-state index in [1.54, 1.807) is 0 Å². The van der Waals surface area contributed by atoms with Crippen molar-refractivity contribution in [2.24, 2.45) is 16.7 Å². The van der Waals surface area contributed by atoms with E-state index >= 15 is 0 Å². The molecule has 0 aromatic heterocycles. The minimum atomic E-state index is -0.601. The molecule has 0 aromatic carbocycles. The predicted molar refractivity (Wildman–Crippen MR) is 72.0 cm³/mol. The molecule has 2 bridgehead atoms. The van der Waals surface area contributed by atoms with Gasteiger partial charge in [-0.05, 0) is 43.4 Å². The van der Waals surface area contributed by atoms with E-state index in [4.69, 9.17) is 4.74 Å². The maximum absolute atomic E-state index is 10.7. The van der Waals surface area contributed by atoms with Gasteiger partial charge in [-0.15, -0.1) is 6.58 Å². The van der Waals surface area contributed by atoms with Gasteiger partial charge in [-0.3, -0.25) is 0 Å². The lowest BCUT2D eigenvalue weighted by molar-refractivity contribution is -0.174. The third-order valence-corrected chi connectivity index (χ3v) is 6.29. The first kappa shape index (κ1) is 12.7. The summed E-state index contributed by atoms with van der Waals surface area (Å²) in [5.41, 5.74) is -0.180. The van der Waals surface area contributed by atoms with Crippen molar-refractivity contribution >= 4 is 0 Å². The summed E-state index contributed by atoms with van der Waals surface area (Å²) >= 11 is 0. The molecule has 1 aliphatic heterocycles. The lowest BCUT2D eigenvalue weighted by Gasteiger charge is -2.54. The standard InChI is InChI=1S/C16H26O2/c1-4-14(2,3)16-11-7-10-15(18-13(16)17)9-6-5-8-12(15)16/h4,12-13,17H,1,5-11H2,2-3H3. The molecule has 2 saturated carbocycles. The van der Waals surface area contributed by atoms with Crippen LogP contribution in [0.2, 0.25) is 0 Å². The van der Waals surface area contributed by atoms with E-state index in [0.29, 0.717) is 5.92 Å². The monoisotopic (exact) mass is 250 g/mol. The molecule has 0 aromatic rings. The average Bonchev–Trinajstić information content (AvgIpc) is 2.52. The third kappa shape index (κ3) is 1.31. The lowest BCUT2D eigenvalue weighted by atomic mass is 9.49. The molecule has 1 saturated heterocycles. The van der Waals surface area contributed by atoms with Crippen molar-refractivity contribution in [3.05, 3.63) is 12.7 Å². The molecule has 18 heavy (non-hydrogen) atoms. The van der Waals surface area contributed by atoms with Gasteiger partial charge in [-0.2, -0.15) is 0 Å². The Kier molecular flexibility index (Phi) is 2.70. The van der Waals surface area contributed by atoms with E-state index in [-0.39, 0.29) is 16.4 Å². The number of aliphatic hydroxyl groups is 1. The highest BCUT2D eigenvalue weighted by Crippen LogP contribution is 2.68. The average molecular weight is 250 g/mol. The summed E-state index contributed by atoms with van der Waals surface area (Å²) in [4.78, 5) is 0. The van der Waals surface area contributed by atoms with E-state index in [1.807, 2.05) is 6.08 Å². The number of hydrogen-bond donors (Lipinski definition) is 1. The molecule has 0 radical (unpaired) electrons. The van der Waals surface area contributed by atoms with E-state index in [0.717, 1.165) is 19.3 Å². The summed E-state index contributed by atoms with van der Waals surface area (Å²) in [5.74, 6) is 0.524. The molecule has 102 valence electrons. The molecule has 3 aliphatic rings. The van der Waals surface area contributed by atoms with Gasteiger partial charge in [-0.1, -0.05) is 32.8 Å². The largest absolute Gasteiger partial charge is 0.367 e. The summed E-state index contributed by atoms with van der Waals surface area (Å²) in [5, 5.41) is 10.7. The maximum atomic E-state index is 10.7. The van der Waals surface area contributed by atoms with Gasteiger partial charge in [0.25, 0.3) is 0 Å². The smallest absolute Gasteiger partial charge is 0.162 e. The van der Waals surface area contributed by atoms with Crippen LogP contribution in [0.3, 0.4) is 0 Å². The van der Waals surface area contributed by atoms with Crippen molar-refractivity contribution < 1.29 is 9.84 Å². The van der Waals surface area contributed by atoms with Gasteiger partial charge in [0.2, 0.25) is 0 Å². The minimum absolute atomic E-state index is 0.0177. The van der Waals surface area contributed by atoms with Gasteiger partial charge >= 0.3 is 0 Å². The van der Waals surface area contributed by atoms with Crippen molar-refractivity contribution in [3.8, 4) is 0 Å². The molecule has 3 fully saturated rings. The van der Waals surface area contributed by atoms with Crippen LogP contribution in [0.5, 0.6) is 0 Å². The van der Waals surface area contributed by atoms with Crippen LogP contribution in [-0.2, 0) is 4.74 Å². The van der Waals surface area contributed by atoms with Gasteiger partial charge in [-0.25, -0.2) is 0 Å². The summed E-state index contributed by atoms with van der Waals surface area (Å²) in [7, 11) is 0. The van der Waals surface area contributed by atoms with Gasteiger partial charge in [0.15, 0.2) is 6.29 Å². The van der Waals surface area contributed by atoms with Gasteiger partial charge in [0.05, 0.1) is 5.60 Å². The second kappa shape index (κ2) is 3.83. The van der Waals surface area contributed by atoms with Crippen LogP contribution in [-0.4, -0.2) is 17.0 Å². The molecule has 0 amide bonds. The Hall–Kier alpha value is -0.340. The number of rotatable bonds is 2. The maximum Gasteiger partial charge on any atom is 0.162 e. The second-order valence-corrected chi connectivity index (χ2v) is 7.15. The molecule has 4 atom stereocenters. The van der Waals surface area contributed by atoms with Crippen LogP contribution in [0, 0.1) is 16.7 Å². The van der Waals surface area contributed by atoms with E-state index in [2.05, 4.69) is 20.4 Å². The highest BCUT2D eigenvalue weighted by atomic mass is 16.6. The number of aliphatic hydroxyl groups excluding tert-OH is 1. The Balaban J connectivity index is 2.09. The fraction of sp³-hybridized carbons (Fsp3) is 0.875. The minimum Gasteiger partial charge on any atom is -0.367 e. The van der Waals surface area contributed by atoms with Crippen molar-refractivity contribution in [1.82, 2.24) is 0 Å².